The van der Waals surface area contributed by atoms with Gasteiger partial charge in [-0.3, -0.25) is 9.59 Å². The predicted molar refractivity (Wildman–Crippen MR) is 103 cm³/mol. The maximum absolute atomic E-state index is 12.4. The van der Waals surface area contributed by atoms with Crippen LogP contribution < -0.4 is 0 Å². The first-order valence-corrected chi connectivity index (χ1v) is 10.4. The van der Waals surface area contributed by atoms with Crippen LogP contribution in [0.2, 0.25) is 10.0 Å². The lowest BCUT2D eigenvalue weighted by Crippen LogP contribution is -2.42. The number of halogens is 2. The minimum absolute atomic E-state index is 0.00225. The Balaban J connectivity index is 1.65. The normalized spacial score (nSPS) is 21.9. The highest BCUT2D eigenvalue weighted by Crippen LogP contribution is 2.41. The Bertz CT molecular complexity index is 662. The molecule has 2 aliphatic rings. The second-order valence-corrected chi connectivity index (χ2v) is 8.44. The van der Waals surface area contributed by atoms with Crippen LogP contribution in [0.15, 0.2) is 18.2 Å². The highest BCUT2D eigenvalue weighted by atomic mass is 35.5. The minimum Gasteiger partial charge on any atom is -0.343 e. The average Bonchev–Trinajstić information content (AvgIpc) is 2.98. The number of piperidine rings is 1. The van der Waals surface area contributed by atoms with Gasteiger partial charge in [0, 0.05) is 26.1 Å². The lowest BCUT2D eigenvalue weighted by Gasteiger charge is -2.35. The van der Waals surface area contributed by atoms with E-state index in [1.54, 1.807) is 17.8 Å². The molecule has 1 aromatic rings. The van der Waals surface area contributed by atoms with Crippen molar-refractivity contribution in [3.63, 3.8) is 0 Å². The number of benzene rings is 1. The Hall–Kier alpha value is -0.910. The Kier molecular flexibility index (Phi) is 6.18. The molecule has 7 heteroatoms. The zero-order chi connectivity index (χ0) is 18.0. The SMILES string of the molecule is CCC(=O)N1CCC(CN2C(=O)CSC2c2ccc(Cl)c(Cl)c2)CC1. The molecule has 2 aliphatic heterocycles. The van der Waals surface area contributed by atoms with E-state index in [0.29, 0.717) is 28.1 Å². The second kappa shape index (κ2) is 8.19. The van der Waals surface area contributed by atoms with Crippen LogP contribution in [0, 0.1) is 5.92 Å². The van der Waals surface area contributed by atoms with Gasteiger partial charge in [0.15, 0.2) is 0 Å². The van der Waals surface area contributed by atoms with E-state index >= 15 is 0 Å². The quantitative estimate of drug-likeness (QED) is 0.759. The standard InChI is InChI=1S/C18H22Cl2N2O2S/c1-2-16(23)21-7-5-12(6-8-21)10-22-17(24)11-25-18(22)13-3-4-14(19)15(20)9-13/h3-4,9,12,18H,2,5-8,10-11H2,1H3. The average molecular weight is 401 g/mol. The molecule has 2 heterocycles. The fraction of sp³-hybridized carbons (Fsp3) is 0.556. The predicted octanol–water partition coefficient (Wildman–Crippen LogP) is 4.22. The monoisotopic (exact) mass is 400 g/mol. The van der Waals surface area contributed by atoms with Gasteiger partial charge in [-0.1, -0.05) is 36.2 Å². The van der Waals surface area contributed by atoms with Gasteiger partial charge in [-0.2, -0.15) is 0 Å². The molecule has 2 saturated heterocycles. The number of nitrogens with zero attached hydrogens (tertiary/aromatic N) is 2. The number of amides is 2. The topological polar surface area (TPSA) is 40.6 Å². The summed E-state index contributed by atoms with van der Waals surface area (Å²) in [4.78, 5) is 28.1. The van der Waals surface area contributed by atoms with Gasteiger partial charge in [-0.25, -0.2) is 0 Å². The van der Waals surface area contributed by atoms with E-state index in [9.17, 15) is 9.59 Å². The third-order valence-corrected chi connectivity index (χ3v) is 6.92. The van der Waals surface area contributed by atoms with Crippen LogP contribution >= 0.6 is 35.0 Å². The van der Waals surface area contributed by atoms with Crippen LogP contribution in [0.3, 0.4) is 0 Å². The third-order valence-electron chi connectivity index (χ3n) is 4.92. The summed E-state index contributed by atoms with van der Waals surface area (Å²) in [7, 11) is 0. The summed E-state index contributed by atoms with van der Waals surface area (Å²) in [5.74, 6) is 1.33. The summed E-state index contributed by atoms with van der Waals surface area (Å²) < 4.78 is 0. The highest BCUT2D eigenvalue weighted by molar-refractivity contribution is 8.00. The molecule has 25 heavy (non-hydrogen) atoms. The zero-order valence-corrected chi connectivity index (χ0v) is 16.5. The molecule has 0 radical (unpaired) electrons. The largest absolute Gasteiger partial charge is 0.343 e. The van der Waals surface area contributed by atoms with Crippen molar-refractivity contribution in [2.24, 2.45) is 5.92 Å². The van der Waals surface area contributed by atoms with E-state index in [-0.39, 0.29) is 17.2 Å². The summed E-state index contributed by atoms with van der Waals surface area (Å²) in [6.45, 7) is 4.23. The number of carbonyl (C=O) groups excluding carboxylic acids is 2. The molecule has 1 unspecified atom stereocenters. The van der Waals surface area contributed by atoms with Crippen molar-refractivity contribution in [3.05, 3.63) is 33.8 Å². The van der Waals surface area contributed by atoms with Crippen LogP contribution in [0.5, 0.6) is 0 Å². The first-order valence-electron chi connectivity index (χ1n) is 8.63. The Morgan fingerprint density at radius 3 is 2.60 bits per heavy atom. The Morgan fingerprint density at radius 1 is 1.24 bits per heavy atom. The molecular formula is C18H22Cl2N2O2S. The van der Waals surface area contributed by atoms with Gasteiger partial charge in [-0.05, 0) is 36.5 Å². The fourth-order valence-electron chi connectivity index (χ4n) is 3.46. The van der Waals surface area contributed by atoms with Gasteiger partial charge < -0.3 is 9.80 Å². The first kappa shape index (κ1) is 18.9. The van der Waals surface area contributed by atoms with Gasteiger partial charge in [0.2, 0.25) is 11.8 Å². The number of likely N-dealkylation sites (tertiary alicyclic amines) is 1. The van der Waals surface area contributed by atoms with Crippen LogP contribution in [0.1, 0.15) is 37.1 Å². The van der Waals surface area contributed by atoms with Gasteiger partial charge in [-0.15, -0.1) is 11.8 Å². The fourth-order valence-corrected chi connectivity index (χ4v) is 4.96. The summed E-state index contributed by atoms with van der Waals surface area (Å²) in [6, 6.07) is 5.59. The number of thioether (sulfide) groups is 1. The number of hydrogen-bond acceptors (Lipinski definition) is 3. The van der Waals surface area contributed by atoms with Crippen molar-refractivity contribution < 1.29 is 9.59 Å². The summed E-state index contributed by atoms with van der Waals surface area (Å²) >= 11 is 13.8. The van der Waals surface area contributed by atoms with Crippen molar-refractivity contribution in [1.82, 2.24) is 9.80 Å². The van der Waals surface area contributed by atoms with Crippen LogP contribution in [-0.2, 0) is 9.59 Å². The molecular weight excluding hydrogens is 379 g/mol. The van der Waals surface area contributed by atoms with Crippen molar-refractivity contribution in [2.75, 3.05) is 25.4 Å². The molecule has 0 bridgehead atoms. The molecule has 0 aliphatic carbocycles. The molecule has 1 atom stereocenters. The van der Waals surface area contributed by atoms with Gasteiger partial charge in [0.25, 0.3) is 0 Å². The summed E-state index contributed by atoms with van der Waals surface area (Å²) in [5.41, 5.74) is 1.02. The minimum atomic E-state index is -0.00225. The zero-order valence-electron chi connectivity index (χ0n) is 14.2. The Morgan fingerprint density at radius 2 is 1.96 bits per heavy atom. The molecule has 3 rings (SSSR count). The molecule has 1 aromatic carbocycles. The van der Waals surface area contributed by atoms with Crippen molar-refractivity contribution in [1.29, 1.82) is 0 Å². The third kappa shape index (κ3) is 4.26. The van der Waals surface area contributed by atoms with Crippen molar-refractivity contribution >= 4 is 46.8 Å². The van der Waals surface area contributed by atoms with Crippen LogP contribution in [0.4, 0.5) is 0 Å². The van der Waals surface area contributed by atoms with Gasteiger partial charge in [0.05, 0.1) is 15.8 Å². The van der Waals surface area contributed by atoms with Crippen molar-refractivity contribution in [2.45, 2.75) is 31.6 Å². The Labute approximate surface area is 162 Å². The molecule has 0 saturated carbocycles. The number of carbonyl (C=O) groups is 2. The van der Waals surface area contributed by atoms with E-state index in [0.717, 1.165) is 38.0 Å². The first-order chi connectivity index (χ1) is 12.0. The molecule has 0 aromatic heterocycles. The smallest absolute Gasteiger partial charge is 0.233 e. The summed E-state index contributed by atoms with van der Waals surface area (Å²) in [5, 5.41) is 1.04. The van der Waals surface area contributed by atoms with Gasteiger partial charge >= 0.3 is 0 Å². The van der Waals surface area contributed by atoms with E-state index in [2.05, 4.69) is 0 Å². The summed E-state index contributed by atoms with van der Waals surface area (Å²) in [6.07, 6.45) is 2.47. The molecule has 0 N–H and O–H groups in total. The second-order valence-electron chi connectivity index (χ2n) is 6.56. The van der Waals surface area contributed by atoms with Crippen molar-refractivity contribution in [3.8, 4) is 0 Å². The maximum atomic E-state index is 12.4. The van der Waals surface area contributed by atoms with Crippen LogP contribution in [-0.4, -0.2) is 47.0 Å². The molecule has 2 amide bonds. The number of hydrogen-bond donors (Lipinski definition) is 0. The highest BCUT2D eigenvalue weighted by Gasteiger charge is 2.35. The molecule has 2 fully saturated rings. The maximum Gasteiger partial charge on any atom is 0.233 e. The lowest BCUT2D eigenvalue weighted by molar-refractivity contribution is -0.133. The molecule has 4 nitrogen and oxygen atoms in total. The van der Waals surface area contributed by atoms with E-state index in [1.165, 1.54) is 0 Å². The van der Waals surface area contributed by atoms with Crippen LogP contribution in [0.25, 0.3) is 0 Å². The van der Waals surface area contributed by atoms with E-state index in [4.69, 9.17) is 23.2 Å². The molecule has 136 valence electrons. The lowest BCUT2D eigenvalue weighted by atomic mass is 9.95. The van der Waals surface area contributed by atoms with E-state index < -0.39 is 0 Å². The number of rotatable bonds is 4. The van der Waals surface area contributed by atoms with Gasteiger partial charge in [0.1, 0.15) is 5.37 Å². The molecule has 0 spiro atoms. The van der Waals surface area contributed by atoms with E-state index in [1.807, 2.05) is 28.9 Å².